The fourth-order valence-corrected chi connectivity index (χ4v) is 2.34. The zero-order valence-electron chi connectivity index (χ0n) is 16.0. The monoisotopic (exact) mass is 366 g/mol. The average Bonchev–Trinajstić information content (AvgIpc) is 2.70. The Morgan fingerprint density at radius 2 is 1.70 bits per heavy atom. The molecular formula is C22H26N2O3. The number of rotatable bonds is 7. The molecule has 0 aliphatic heterocycles. The van der Waals surface area contributed by atoms with E-state index in [1.807, 2.05) is 55.5 Å². The van der Waals surface area contributed by atoms with Crippen LogP contribution in [0.25, 0.3) is 6.08 Å². The normalized spacial score (nSPS) is 11.8. The van der Waals surface area contributed by atoms with Crippen molar-refractivity contribution in [2.45, 2.75) is 33.1 Å². The Balaban J connectivity index is 1.72. The molecule has 2 amide bonds. The van der Waals surface area contributed by atoms with Crippen molar-refractivity contribution in [3.63, 3.8) is 0 Å². The third kappa shape index (κ3) is 6.98. The van der Waals surface area contributed by atoms with E-state index in [4.69, 9.17) is 4.74 Å². The maximum absolute atomic E-state index is 11.8. The Morgan fingerprint density at radius 1 is 1.04 bits per heavy atom. The highest BCUT2D eigenvalue weighted by molar-refractivity contribution is 5.93. The second-order valence-corrected chi connectivity index (χ2v) is 6.45. The lowest BCUT2D eigenvalue weighted by Crippen LogP contribution is -2.43. The second kappa shape index (κ2) is 10.2. The SMILES string of the molecule is CCC(C)c1ccc(OCC(=O)NNC(=O)C=Cc2ccc(C)cc2)cc1. The van der Waals surface area contributed by atoms with Gasteiger partial charge in [-0.2, -0.15) is 0 Å². The van der Waals surface area contributed by atoms with Crippen LogP contribution in [0.3, 0.4) is 0 Å². The van der Waals surface area contributed by atoms with Crippen LogP contribution < -0.4 is 15.6 Å². The highest BCUT2D eigenvalue weighted by Crippen LogP contribution is 2.21. The highest BCUT2D eigenvalue weighted by Gasteiger charge is 2.06. The smallest absolute Gasteiger partial charge is 0.276 e. The Hall–Kier alpha value is -3.08. The molecule has 0 saturated heterocycles. The standard InChI is InChI=1S/C22H26N2O3/c1-4-17(3)19-10-12-20(13-11-19)27-15-22(26)24-23-21(25)14-9-18-7-5-16(2)6-8-18/h5-14,17H,4,15H2,1-3H3,(H,23,25)(H,24,26). The van der Waals surface area contributed by atoms with Gasteiger partial charge in [0, 0.05) is 6.08 Å². The first-order valence-electron chi connectivity index (χ1n) is 9.04. The quantitative estimate of drug-likeness (QED) is 0.579. The van der Waals surface area contributed by atoms with Crippen LogP contribution in [-0.4, -0.2) is 18.4 Å². The van der Waals surface area contributed by atoms with Crippen LogP contribution in [-0.2, 0) is 9.59 Å². The van der Waals surface area contributed by atoms with Gasteiger partial charge >= 0.3 is 0 Å². The fourth-order valence-electron chi connectivity index (χ4n) is 2.34. The molecule has 2 aromatic rings. The van der Waals surface area contributed by atoms with Crippen LogP contribution in [0.1, 0.15) is 42.9 Å². The van der Waals surface area contributed by atoms with E-state index in [0.29, 0.717) is 11.7 Å². The van der Waals surface area contributed by atoms with Crippen molar-refractivity contribution in [2.75, 3.05) is 6.61 Å². The van der Waals surface area contributed by atoms with Crippen LogP contribution in [0.2, 0.25) is 0 Å². The lowest BCUT2D eigenvalue weighted by Gasteiger charge is -2.11. The Kier molecular flexibility index (Phi) is 7.62. The van der Waals surface area contributed by atoms with Gasteiger partial charge in [-0.3, -0.25) is 20.4 Å². The van der Waals surface area contributed by atoms with E-state index in [1.54, 1.807) is 6.08 Å². The molecular weight excluding hydrogens is 340 g/mol. The van der Waals surface area contributed by atoms with Gasteiger partial charge in [0.1, 0.15) is 5.75 Å². The third-order valence-corrected chi connectivity index (χ3v) is 4.26. The zero-order valence-corrected chi connectivity index (χ0v) is 16.0. The summed E-state index contributed by atoms with van der Waals surface area (Å²) < 4.78 is 5.43. The molecule has 0 aromatic heterocycles. The van der Waals surface area contributed by atoms with Crippen molar-refractivity contribution in [3.8, 4) is 5.75 Å². The number of amides is 2. The molecule has 0 fully saturated rings. The first kappa shape index (κ1) is 20.2. The predicted molar refractivity (Wildman–Crippen MR) is 107 cm³/mol. The minimum absolute atomic E-state index is 0.176. The molecule has 0 bridgehead atoms. The molecule has 2 rings (SSSR count). The first-order valence-corrected chi connectivity index (χ1v) is 9.04. The van der Waals surface area contributed by atoms with Crippen molar-refractivity contribution < 1.29 is 14.3 Å². The van der Waals surface area contributed by atoms with E-state index < -0.39 is 11.8 Å². The fraction of sp³-hybridized carbons (Fsp3) is 0.273. The topological polar surface area (TPSA) is 67.4 Å². The van der Waals surface area contributed by atoms with Gasteiger partial charge in [0.05, 0.1) is 0 Å². The number of hydrazine groups is 1. The molecule has 5 nitrogen and oxygen atoms in total. The molecule has 1 unspecified atom stereocenters. The molecule has 2 N–H and O–H groups in total. The van der Waals surface area contributed by atoms with E-state index in [9.17, 15) is 9.59 Å². The van der Waals surface area contributed by atoms with Gasteiger partial charge in [0.25, 0.3) is 11.8 Å². The highest BCUT2D eigenvalue weighted by atomic mass is 16.5. The van der Waals surface area contributed by atoms with Crippen LogP contribution in [0.5, 0.6) is 5.75 Å². The summed E-state index contributed by atoms with van der Waals surface area (Å²) in [6.45, 7) is 6.13. The van der Waals surface area contributed by atoms with Gasteiger partial charge in [0.15, 0.2) is 6.61 Å². The van der Waals surface area contributed by atoms with Gasteiger partial charge in [0.2, 0.25) is 0 Å². The number of benzene rings is 2. The average molecular weight is 366 g/mol. The Labute approximate surface area is 160 Å². The van der Waals surface area contributed by atoms with Gasteiger partial charge in [-0.25, -0.2) is 0 Å². The van der Waals surface area contributed by atoms with E-state index in [2.05, 4.69) is 24.7 Å². The van der Waals surface area contributed by atoms with Gasteiger partial charge in [-0.15, -0.1) is 0 Å². The molecule has 0 radical (unpaired) electrons. The largest absolute Gasteiger partial charge is 0.484 e. The summed E-state index contributed by atoms with van der Waals surface area (Å²) in [5, 5.41) is 0. The number of hydrogen-bond acceptors (Lipinski definition) is 3. The number of nitrogens with one attached hydrogen (secondary N) is 2. The summed E-state index contributed by atoms with van der Waals surface area (Å²) in [6.07, 6.45) is 4.11. The maximum Gasteiger partial charge on any atom is 0.276 e. The molecule has 0 aliphatic rings. The molecule has 27 heavy (non-hydrogen) atoms. The molecule has 0 saturated carbocycles. The van der Waals surface area contributed by atoms with Crippen molar-refractivity contribution in [2.24, 2.45) is 0 Å². The third-order valence-electron chi connectivity index (χ3n) is 4.26. The summed E-state index contributed by atoms with van der Waals surface area (Å²) in [5.41, 5.74) is 7.95. The Bertz CT molecular complexity index is 780. The van der Waals surface area contributed by atoms with Crippen LogP contribution in [0.4, 0.5) is 0 Å². The maximum atomic E-state index is 11.8. The minimum Gasteiger partial charge on any atom is -0.484 e. The van der Waals surface area contributed by atoms with Crippen molar-refractivity contribution >= 4 is 17.9 Å². The summed E-state index contributed by atoms with van der Waals surface area (Å²) in [6, 6.07) is 15.4. The zero-order chi connectivity index (χ0) is 19.6. The first-order chi connectivity index (χ1) is 13.0. The van der Waals surface area contributed by atoms with E-state index >= 15 is 0 Å². The molecule has 2 aromatic carbocycles. The van der Waals surface area contributed by atoms with E-state index in [1.165, 1.54) is 11.6 Å². The van der Waals surface area contributed by atoms with Gasteiger partial charge in [-0.05, 0) is 48.6 Å². The van der Waals surface area contributed by atoms with E-state index in [-0.39, 0.29) is 6.61 Å². The number of aryl methyl sites for hydroxylation is 1. The molecule has 0 heterocycles. The lowest BCUT2D eigenvalue weighted by molar-refractivity contribution is -0.128. The summed E-state index contributed by atoms with van der Waals surface area (Å²) in [4.78, 5) is 23.5. The number of hydrogen-bond donors (Lipinski definition) is 2. The summed E-state index contributed by atoms with van der Waals surface area (Å²) in [7, 11) is 0. The molecule has 5 heteroatoms. The lowest BCUT2D eigenvalue weighted by atomic mass is 9.99. The number of carbonyl (C=O) groups excluding carboxylic acids is 2. The van der Waals surface area contributed by atoms with Gasteiger partial charge < -0.3 is 4.74 Å². The van der Waals surface area contributed by atoms with Crippen molar-refractivity contribution in [1.29, 1.82) is 0 Å². The number of ether oxygens (including phenoxy) is 1. The van der Waals surface area contributed by atoms with Crippen LogP contribution in [0.15, 0.2) is 54.6 Å². The predicted octanol–water partition coefficient (Wildman–Crippen LogP) is 3.75. The molecule has 0 spiro atoms. The van der Waals surface area contributed by atoms with E-state index in [0.717, 1.165) is 17.5 Å². The van der Waals surface area contributed by atoms with Crippen molar-refractivity contribution in [1.82, 2.24) is 10.9 Å². The number of carbonyl (C=O) groups is 2. The molecule has 0 aliphatic carbocycles. The van der Waals surface area contributed by atoms with Crippen LogP contribution in [0, 0.1) is 6.92 Å². The van der Waals surface area contributed by atoms with Gasteiger partial charge in [-0.1, -0.05) is 55.8 Å². The summed E-state index contributed by atoms with van der Waals surface area (Å²) in [5.74, 6) is 0.258. The van der Waals surface area contributed by atoms with Crippen LogP contribution >= 0.6 is 0 Å². The van der Waals surface area contributed by atoms with Crippen molar-refractivity contribution in [3.05, 3.63) is 71.3 Å². The molecule has 142 valence electrons. The Morgan fingerprint density at radius 3 is 2.33 bits per heavy atom. The molecule has 1 atom stereocenters. The second-order valence-electron chi connectivity index (χ2n) is 6.45. The summed E-state index contributed by atoms with van der Waals surface area (Å²) >= 11 is 0. The minimum atomic E-state index is -0.432.